The van der Waals surface area contributed by atoms with Gasteiger partial charge in [-0.3, -0.25) is 4.98 Å². The average molecular weight is 255 g/mol. The Morgan fingerprint density at radius 2 is 2.41 bits per heavy atom. The summed E-state index contributed by atoms with van der Waals surface area (Å²) < 4.78 is 26.2. The molecule has 5 nitrogen and oxygen atoms in total. The molecular weight excluding hydrogens is 238 g/mol. The Bertz CT molecular complexity index is 441. The molecule has 0 radical (unpaired) electrons. The lowest BCUT2D eigenvalue weighted by molar-refractivity contribution is 0.551. The molecule has 6 heteroatoms. The third-order valence-corrected chi connectivity index (χ3v) is 4.11. The summed E-state index contributed by atoms with van der Waals surface area (Å²) in [5.74, 6) is -0.00639. The normalized spacial score (nSPS) is 20.6. The first-order valence-electron chi connectivity index (χ1n) is 5.75. The second kappa shape index (κ2) is 5.57. The second-order valence-electron chi connectivity index (χ2n) is 4.26. The van der Waals surface area contributed by atoms with Crippen LogP contribution in [0.4, 0.5) is 0 Å². The Morgan fingerprint density at radius 1 is 1.53 bits per heavy atom. The number of hydrogen-bond donors (Lipinski definition) is 2. The first kappa shape index (κ1) is 12.5. The Hall–Kier alpha value is -0.980. The topological polar surface area (TPSA) is 71.1 Å². The van der Waals surface area contributed by atoms with Gasteiger partial charge in [0.2, 0.25) is 10.0 Å². The van der Waals surface area contributed by atoms with Crippen LogP contribution in [0, 0.1) is 0 Å². The summed E-state index contributed by atoms with van der Waals surface area (Å²) in [5.41, 5.74) is 0.708. The Labute approximate surface area is 102 Å². The highest BCUT2D eigenvalue weighted by Crippen LogP contribution is 2.06. The predicted molar refractivity (Wildman–Crippen MR) is 65.9 cm³/mol. The zero-order valence-electron chi connectivity index (χ0n) is 9.59. The number of pyridine rings is 1. The zero-order valence-corrected chi connectivity index (χ0v) is 10.4. The molecule has 1 aliphatic rings. The van der Waals surface area contributed by atoms with E-state index in [9.17, 15) is 8.42 Å². The molecule has 1 aromatic rings. The molecule has 0 unspecified atom stereocenters. The van der Waals surface area contributed by atoms with E-state index in [-0.39, 0.29) is 11.8 Å². The number of hydrogen-bond acceptors (Lipinski definition) is 4. The lowest BCUT2D eigenvalue weighted by Crippen LogP contribution is -2.37. The van der Waals surface area contributed by atoms with Crippen LogP contribution in [0.25, 0.3) is 0 Å². The molecule has 0 bridgehead atoms. The van der Waals surface area contributed by atoms with Crippen molar-refractivity contribution in [3.63, 3.8) is 0 Å². The highest BCUT2D eigenvalue weighted by atomic mass is 32.2. The van der Waals surface area contributed by atoms with Crippen LogP contribution in [0.2, 0.25) is 0 Å². The van der Waals surface area contributed by atoms with Gasteiger partial charge in [0.25, 0.3) is 0 Å². The lowest BCUT2D eigenvalue weighted by atomic mass is 10.2. The summed E-state index contributed by atoms with van der Waals surface area (Å²) in [4.78, 5) is 3.90. The third kappa shape index (κ3) is 4.07. The van der Waals surface area contributed by atoms with E-state index in [2.05, 4.69) is 15.0 Å². The van der Waals surface area contributed by atoms with E-state index in [1.807, 2.05) is 0 Å². The van der Waals surface area contributed by atoms with E-state index in [0.29, 0.717) is 12.1 Å². The van der Waals surface area contributed by atoms with Crippen molar-refractivity contribution >= 4 is 10.0 Å². The highest BCUT2D eigenvalue weighted by molar-refractivity contribution is 7.88. The molecule has 0 spiro atoms. The van der Waals surface area contributed by atoms with Crippen molar-refractivity contribution in [3.8, 4) is 0 Å². The van der Waals surface area contributed by atoms with Crippen molar-refractivity contribution in [3.05, 3.63) is 30.1 Å². The minimum atomic E-state index is -3.25. The minimum Gasteiger partial charge on any atom is -0.313 e. The maximum Gasteiger partial charge on any atom is 0.215 e. The third-order valence-electron chi connectivity index (χ3n) is 2.79. The number of aromatic nitrogens is 1. The monoisotopic (exact) mass is 255 g/mol. The number of rotatable bonds is 5. The van der Waals surface area contributed by atoms with Gasteiger partial charge < -0.3 is 5.32 Å². The molecule has 94 valence electrons. The largest absolute Gasteiger partial charge is 0.313 e. The van der Waals surface area contributed by atoms with Gasteiger partial charge >= 0.3 is 0 Å². The van der Waals surface area contributed by atoms with Crippen LogP contribution in [0.15, 0.2) is 24.5 Å². The number of nitrogens with one attached hydrogen (secondary N) is 2. The van der Waals surface area contributed by atoms with Crippen LogP contribution in [-0.4, -0.2) is 32.5 Å². The van der Waals surface area contributed by atoms with Crippen LogP contribution in [0.1, 0.15) is 18.4 Å². The van der Waals surface area contributed by atoms with Gasteiger partial charge in [0.1, 0.15) is 0 Å². The zero-order chi connectivity index (χ0) is 12.1. The average Bonchev–Trinajstić information content (AvgIpc) is 2.80. The van der Waals surface area contributed by atoms with Crippen molar-refractivity contribution in [2.45, 2.75) is 24.6 Å². The molecule has 17 heavy (non-hydrogen) atoms. The van der Waals surface area contributed by atoms with Crippen molar-refractivity contribution in [2.75, 3.05) is 13.1 Å². The summed E-state index contributed by atoms with van der Waals surface area (Å²) in [7, 11) is -3.25. The fourth-order valence-electron chi connectivity index (χ4n) is 1.91. The quantitative estimate of drug-likeness (QED) is 0.791. The minimum absolute atomic E-state index is 0.00639. The Balaban J connectivity index is 1.86. The lowest BCUT2D eigenvalue weighted by Gasteiger charge is -2.11. The van der Waals surface area contributed by atoms with Crippen molar-refractivity contribution in [1.82, 2.24) is 15.0 Å². The summed E-state index contributed by atoms with van der Waals surface area (Å²) in [6, 6.07) is 3.78. The van der Waals surface area contributed by atoms with Crippen LogP contribution >= 0.6 is 0 Å². The van der Waals surface area contributed by atoms with Gasteiger partial charge in [-0.05, 0) is 31.0 Å². The second-order valence-corrected chi connectivity index (χ2v) is 6.07. The summed E-state index contributed by atoms with van der Waals surface area (Å²) in [6.45, 7) is 1.46. The van der Waals surface area contributed by atoms with Gasteiger partial charge in [0.05, 0.1) is 5.75 Å². The first-order chi connectivity index (χ1) is 8.16. The smallest absolute Gasteiger partial charge is 0.215 e. The van der Waals surface area contributed by atoms with E-state index in [1.165, 1.54) is 0 Å². The number of sulfonamides is 1. The van der Waals surface area contributed by atoms with Crippen LogP contribution < -0.4 is 10.0 Å². The molecule has 0 saturated carbocycles. The molecule has 1 saturated heterocycles. The van der Waals surface area contributed by atoms with Crippen molar-refractivity contribution in [1.29, 1.82) is 0 Å². The van der Waals surface area contributed by atoms with Crippen LogP contribution in [-0.2, 0) is 15.8 Å². The maximum atomic E-state index is 11.8. The molecule has 1 fully saturated rings. The molecule has 0 amide bonds. The molecule has 0 aliphatic carbocycles. The van der Waals surface area contributed by atoms with Crippen molar-refractivity contribution in [2.24, 2.45) is 0 Å². The molecular formula is C11H17N3O2S. The van der Waals surface area contributed by atoms with Gasteiger partial charge in [-0.1, -0.05) is 6.07 Å². The van der Waals surface area contributed by atoms with Crippen molar-refractivity contribution < 1.29 is 8.42 Å². The summed E-state index contributed by atoms with van der Waals surface area (Å²) >= 11 is 0. The highest BCUT2D eigenvalue weighted by Gasteiger charge is 2.17. The molecule has 1 aliphatic heterocycles. The van der Waals surface area contributed by atoms with Gasteiger partial charge in [-0.25, -0.2) is 13.1 Å². The van der Waals surface area contributed by atoms with Gasteiger partial charge in [0, 0.05) is 25.0 Å². The fourth-order valence-corrected chi connectivity index (χ4v) is 3.08. The van der Waals surface area contributed by atoms with E-state index in [1.54, 1.807) is 24.5 Å². The molecule has 2 N–H and O–H groups in total. The van der Waals surface area contributed by atoms with E-state index >= 15 is 0 Å². The Morgan fingerprint density at radius 3 is 3.06 bits per heavy atom. The van der Waals surface area contributed by atoms with Gasteiger partial charge in [0.15, 0.2) is 0 Å². The first-order valence-corrected chi connectivity index (χ1v) is 7.40. The fraction of sp³-hybridized carbons (Fsp3) is 0.545. The maximum absolute atomic E-state index is 11.8. The van der Waals surface area contributed by atoms with E-state index < -0.39 is 10.0 Å². The van der Waals surface area contributed by atoms with Gasteiger partial charge in [-0.15, -0.1) is 0 Å². The SMILES string of the molecule is O=S(=O)(Cc1cccnc1)NC[C@@H]1CCCN1. The molecule has 0 aromatic carbocycles. The Kier molecular flexibility index (Phi) is 4.09. The van der Waals surface area contributed by atoms with Crippen LogP contribution in [0.5, 0.6) is 0 Å². The summed E-state index contributed by atoms with van der Waals surface area (Å²) in [5, 5.41) is 3.25. The molecule has 1 aromatic heterocycles. The van der Waals surface area contributed by atoms with E-state index in [0.717, 1.165) is 19.4 Å². The molecule has 2 heterocycles. The standard InChI is InChI=1S/C11H17N3O2S/c15-17(16,9-10-3-1-5-12-7-10)14-8-11-4-2-6-13-11/h1,3,5,7,11,13-14H,2,4,6,8-9H2/t11-/m0/s1. The summed E-state index contributed by atoms with van der Waals surface area (Å²) in [6.07, 6.45) is 5.36. The predicted octanol–water partition coefficient (Wildman–Crippen LogP) is 0.253. The molecule has 2 rings (SSSR count). The van der Waals surface area contributed by atoms with Crippen LogP contribution in [0.3, 0.4) is 0 Å². The van der Waals surface area contributed by atoms with Gasteiger partial charge in [-0.2, -0.15) is 0 Å². The molecule has 1 atom stereocenters. The van der Waals surface area contributed by atoms with E-state index in [4.69, 9.17) is 0 Å². The number of nitrogens with zero attached hydrogens (tertiary/aromatic N) is 1.